The van der Waals surface area contributed by atoms with Gasteiger partial charge in [0.2, 0.25) is 0 Å². The van der Waals surface area contributed by atoms with E-state index < -0.39 is 47.4 Å². The lowest BCUT2D eigenvalue weighted by atomic mass is 9.51. The zero-order valence-electron chi connectivity index (χ0n) is 17.1. The summed E-state index contributed by atoms with van der Waals surface area (Å²) in [6.45, 7) is 2.35. The molecule has 1 fully saturated rings. The highest BCUT2D eigenvalue weighted by atomic mass is 19.1. The van der Waals surface area contributed by atoms with Crippen molar-refractivity contribution in [2.45, 2.75) is 38.3 Å². The zero-order valence-corrected chi connectivity index (χ0v) is 17.1. The number of piperidine rings is 1. The molecule has 1 aliphatic rings. The molecule has 5 N–H and O–H groups in total. The van der Waals surface area contributed by atoms with E-state index in [4.69, 9.17) is 10.5 Å². The van der Waals surface area contributed by atoms with Gasteiger partial charge in [-0.3, -0.25) is 9.59 Å². The lowest BCUT2D eigenvalue weighted by Gasteiger charge is -2.56. The van der Waals surface area contributed by atoms with Crippen LogP contribution >= 0.6 is 0 Å². The fraction of sp³-hybridized carbons (Fsp3) is 0.571. The molecule has 0 bridgehead atoms. The summed E-state index contributed by atoms with van der Waals surface area (Å²) in [5, 5.41) is 32.8. The van der Waals surface area contributed by atoms with E-state index in [-0.39, 0.29) is 31.7 Å². The van der Waals surface area contributed by atoms with Crippen LogP contribution in [0, 0.1) is 22.2 Å². The summed E-state index contributed by atoms with van der Waals surface area (Å²) in [5.41, 5.74) is 2.68. The molecule has 9 heteroatoms. The van der Waals surface area contributed by atoms with Crippen LogP contribution in [-0.2, 0) is 14.3 Å². The summed E-state index contributed by atoms with van der Waals surface area (Å²) in [7, 11) is 0. The second-order valence-corrected chi connectivity index (χ2v) is 7.75. The number of nitrogens with zero attached hydrogens (tertiary/aromatic N) is 1. The average Bonchev–Trinajstić information content (AvgIpc) is 2.73. The second-order valence-electron chi connectivity index (χ2n) is 7.75. The predicted molar refractivity (Wildman–Crippen MR) is 107 cm³/mol. The number of rotatable bonds is 9. The Hall–Kier alpha value is -2.54. The number of carbonyl (C=O) groups is 2. The summed E-state index contributed by atoms with van der Waals surface area (Å²) >= 11 is 0. The van der Waals surface area contributed by atoms with Crippen LogP contribution in [0.25, 0.3) is 0 Å². The van der Waals surface area contributed by atoms with Crippen molar-refractivity contribution in [1.29, 1.82) is 5.26 Å². The Morgan fingerprint density at radius 2 is 2.03 bits per heavy atom. The number of benzene rings is 1. The summed E-state index contributed by atoms with van der Waals surface area (Å²) < 4.78 is 19.6. The summed E-state index contributed by atoms with van der Waals surface area (Å²) in [6.07, 6.45) is 0.0648. The van der Waals surface area contributed by atoms with Gasteiger partial charge in [-0.05, 0) is 31.0 Å². The molecule has 1 saturated heterocycles. The first-order valence-electron chi connectivity index (χ1n) is 9.80. The SMILES string of the molecule is CCC1(C(=O)O)C(COCCN)NC(CF)C(C)(C(=O)O)C1c1cccc(C#N)c1. The maximum Gasteiger partial charge on any atom is 0.311 e. The summed E-state index contributed by atoms with van der Waals surface area (Å²) in [5.74, 6) is -3.65. The number of carboxylic acids is 2. The number of hydrogen-bond acceptors (Lipinski definition) is 6. The Kier molecular flexibility index (Phi) is 7.53. The van der Waals surface area contributed by atoms with E-state index in [1.165, 1.54) is 13.0 Å². The van der Waals surface area contributed by atoms with Crippen LogP contribution in [0.15, 0.2) is 24.3 Å². The molecular weight excluding hydrogens is 393 g/mol. The molecule has 0 spiro atoms. The third-order valence-corrected chi connectivity index (χ3v) is 6.36. The molecule has 0 amide bonds. The Balaban J connectivity index is 2.80. The van der Waals surface area contributed by atoms with Crippen molar-refractivity contribution in [2.75, 3.05) is 26.4 Å². The number of nitriles is 1. The zero-order chi connectivity index (χ0) is 22.5. The molecule has 8 nitrogen and oxygen atoms in total. The van der Waals surface area contributed by atoms with E-state index in [1.54, 1.807) is 25.1 Å². The average molecular weight is 421 g/mol. The minimum atomic E-state index is -1.79. The van der Waals surface area contributed by atoms with Gasteiger partial charge >= 0.3 is 11.9 Å². The normalized spacial score (nSPS) is 31.1. The first-order chi connectivity index (χ1) is 14.2. The Bertz CT molecular complexity index is 829. The summed E-state index contributed by atoms with van der Waals surface area (Å²) in [4.78, 5) is 25.2. The van der Waals surface area contributed by atoms with Gasteiger partial charge in [-0.25, -0.2) is 4.39 Å². The van der Waals surface area contributed by atoms with E-state index in [9.17, 15) is 29.5 Å². The number of hydrogen-bond donors (Lipinski definition) is 4. The van der Waals surface area contributed by atoms with Gasteiger partial charge in [0.15, 0.2) is 0 Å². The standard InChI is InChI=1S/C21H28FN3O5/c1-3-21(19(28)29)16(12-30-8-7-23)25-15(10-22)20(2,18(26)27)17(21)14-6-4-5-13(9-14)11-24/h4-6,9,15-17,25H,3,7-8,10,12,23H2,1-2H3,(H,26,27)(H,28,29). The van der Waals surface area contributed by atoms with Crippen LogP contribution in [0.3, 0.4) is 0 Å². The lowest BCUT2D eigenvalue weighted by molar-refractivity contribution is -0.175. The van der Waals surface area contributed by atoms with Crippen LogP contribution in [0.5, 0.6) is 0 Å². The van der Waals surface area contributed by atoms with Crippen LogP contribution in [0.4, 0.5) is 4.39 Å². The van der Waals surface area contributed by atoms with Crippen LogP contribution in [0.2, 0.25) is 0 Å². The molecule has 0 aromatic heterocycles. The molecule has 1 heterocycles. The van der Waals surface area contributed by atoms with Crippen molar-refractivity contribution < 1.29 is 28.9 Å². The third-order valence-electron chi connectivity index (χ3n) is 6.36. The van der Waals surface area contributed by atoms with E-state index in [1.807, 2.05) is 6.07 Å². The molecule has 5 unspecified atom stereocenters. The minimum Gasteiger partial charge on any atom is -0.481 e. The van der Waals surface area contributed by atoms with Crippen molar-refractivity contribution in [1.82, 2.24) is 5.32 Å². The molecule has 1 aromatic carbocycles. The van der Waals surface area contributed by atoms with E-state index in [0.29, 0.717) is 5.56 Å². The molecule has 1 aliphatic heterocycles. The largest absolute Gasteiger partial charge is 0.481 e. The van der Waals surface area contributed by atoms with Crippen LogP contribution in [0.1, 0.15) is 37.3 Å². The van der Waals surface area contributed by atoms with E-state index in [2.05, 4.69) is 5.32 Å². The predicted octanol–water partition coefficient (Wildman–Crippen LogP) is 1.50. The molecular formula is C21H28FN3O5. The Morgan fingerprint density at radius 1 is 1.33 bits per heavy atom. The molecule has 0 radical (unpaired) electrons. The first kappa shape index (κ1) is 23.7. The van der Waals surface area contributed by atoms with Crippen molar-refractivity contribution in [3.63, 3.8) is 0 Å². The van der Waals surface area contributed by atoms with Gasteiger partial charge in [-0.15, -0.1) is 0 Å². The van der Waals surface area contributed by atoms with Crippen LogP contribution in [-0.4, -0.2) is 60.7 Å². The molecule has 2 rings (SSSR count). The molecule has 1 aromatic rings. The Morgan fingerprint density at radius 3 is 2.53 bits per heavy atom. The highest BCUT2D eigenvalue weighted by Crippen LogP contribution is 2.57. The van der Waals surface area contributed by atoms with Crippen molar-refractivity contribution in [3.8, 4) is 6.07 Å². The van der Waals surface area contributed by atoms with Gasteiger partial charge in [-0.1, -0.05) is 19.1 Å². The summed E-state index contributed by atoms with van der Waals surface area (Å²) in [6, 6.07) is 6.17. The maximum atomic E-state index is 14.1. The number of halogens is 1. The van der Waals surface area contributed by atoms with Crippen molar-refractivity contribution >= 4 is 11.9 Å². The smallest absolute Gasteiger partial charge is 0.311 e. The van der Waals surface area contributed by atoms with Gasteiger partial charge in [0, 0.05) is 18.5 Å². The van der Waals surface area contributed by atoms with Crippen molar-refractivity contribution in [3.05, 3.63) is 35.4 Å². The molecule has 0 aliphatic carbocycles. The van der Waals surface area contributed by atoms with Crippen molar-refractivity contribution in [2.24, 2.45) is 16.6 Å². The molecule has 30 heavy (non-hydrogen) atoms. The van der Waals surface area contributed by atoms with E-state index >= 15 is 0 Å². The number of aliphatic carboxylic acids is 2. The Labute approximate surface area is 174 Å². The molecule has 5 atom stereocenters. The minimum absolute atomic E-state index is 0.0648. The highest BCUT2D eigenvalue weighted by molar-refractivity contribution is 5.84. The highest BCUT2D eigenvalue weighted by Gasteiger charge is 2.66. The topological polar surface area (TPSA) is 146 Å². The molecule has 164 valence electrons. The third kappa shape index (κ3) is 3.78. The monoisotopic (exact) mass is 421 g/mol. The van der Waals surface area contributed by atoms with Gasteiger partial charge in [-0.2, -0.15) is 5.26 Å². The molecule has 0 saturated carbocycles. The van der Waals surface area contributed by atoms with Gasteiger partial charge in [0.05, 0.1) is 41.7 Å². The number of carboxylic acid groups (broad SMARTS) is 2. The lowest BCUT2D eigenvalue weighted by Crippen LogP contribution is -2.71. The van der Waals surface area contributed by atoms with Gasteiger partial charge < -0.3 is 26.0 Å². The maximum absolute atomic E-state index is 14.1. The number of nitrogens with one attached hydrogen (secondary N) is 1. The fourth-order valence-electron chi connectivity index (χ4n) is 4.77. The van der Waals surface area contributed by atoms with Gasteiger partial charge in [0.25, 0.3) is 0 Å². The van der Waals surface area contributed by atoms with E-state index in [0.717, 1.165) is 0 Å². The quantitative estimate of drug-likeness (QED) is 0.439. The van der Waals surface area contributed by atoms with Crippen LogP contribution < -0.4 is 11.1 Å². The second kappa shape index (κ2) is 9.51. The number of ether oxygens (including phenoxy) is 1. The first-order valence-corrected chi connectivity index (χ1v) is 9.80. The number of alkyl halides is 1. The van der Waals surface area contributed by atoms with Gasteiger partial charge in [0.1, 0.15) is 6.67 Å². The number of nitrogens with two attached hydrogens (primary N) is 1. The fourth-order valence-corrected chi connectivity index (χ4v) is 4.77.